The summed E-state index contributed by atoms with van der Waals surface area (Å²) in [5.41, 5.74) is 4.56. The van der Waals surface area contributed by atoms with Crippen LogP contribution in [-0.2, 0) is 10.3 Å². The van der Waals surface area contributed by atoms with Crippen LogP contribution in [0.4, 0.5) is 8.78 Å². The maximum Gasteiger partial charge on any atom is 0.387 e. The Morgan fingerprint density at radius 1 is 1.50 bits per heavy atom. The highest BCUT2D eigenvalue weighted by Gasteiger charge is 2.37. The van der Waals surface area contributed by atoms with Crippen molar-refractivity contribution in [2.45, 2.75) is 31.9 Å². The van der Waals surface area contributed by atoms with Crippen LogP contribution in [0.25, 0.3) is 0 Å². The van der Waals surface area contributed by atoms with Gasteiger partial charge in [-0.1, -0.05) is 18.2 Å². The normalized spacial score (nSPS) is 17.8. The molecule has 1 unspecified atom stereocenters. The second kappa shape index (κ2) is 5.75. The number of nitrogens with one attached hydrogen (secondary N) is 1. The summed E-state index contributed by atoms with van der Waals surface area (Å²) in [6.07, 6.45) is 2.22. The number of amides is 1. The number of hydrogen-bond acceptors (Lipinski definition) is 3. The monoisotopic (exact) mass is 284 g/mol. The Morgan fingerprint density at radius 2 is 2.15 bits per heavy atom. The van der Waals surface area contributed by atoms with Crippen molar-refractivity contribution in [3.05, 3.63) is 29.8 Å². The average molecular weight is 284 g/mol. The molecule has 0 radical (unpaired) electrons. The lowest BCUT2D eigenvalue weighted by Gasteiger charge is -2.29. The number of primary amides is 1. The highest BCUT2D eigenvalue weighted by atomic mass is 19.3. The molecule has 20 heavy (non-hydrogen) atoms. The van der Waals surface area contributed by atoms with Crippen LogP contribution < -0.4 is 15.8 Å². The zero-order valence-corrected chi connectivity index (χ0v) is 11.2. The van der Waals surface area contributed by atoms with Crippen molar-refractivity contribution in [2.75, 3.05) is 6.54 Å². The fourth-order valence-corrected chi connectivity index (χ4v) is 2.06. The van der Waals surface area contributed by atoms with E-state index in [1.165, 1.54) is 6.07 Å². The molecule has 3 N–H and O–H groups in total. The average Bonchev–Trinajstić information content (AvgIpc) is 3.19. The summed E-state index contributed by atoms with van der Waals surface area (Å²) in [5, 5.41) is 3.09. The largest absolute Gasteiger partial charge is 0.434 e. The molecule has 2 rings (SSSR count). The molecule has 0 aromatic heterocycles. The molecule has 1 aliphatic rings. The Labute approximate surface area is 116 Å². The summed E-state index contributed by atoms with van der Waals surface area (Å²) >= 11 is 0. The van der Waals surface area contributed by atoms with E-state index in [2.05, 4.69) is 10.1 Å². The van der Waals surface area contributed by atoms with E-state index in [0.29, 0.717) is 18.0 Å². The number of rotatable bonds is 7. The topological polar surface area (TPSA) is 64.3 Å². The summed E-state index contributed by atoms with van der Waals surface area (Å²) in [5.74, 6) is -0.132. The van der Waals surface area contributed by atoms with Gasteiger partial charge in [0.2, 0.25) is 5.91 Å². The van der Waals surface area contributed by atoms with Gasteiger partial charge in [-0.3, -0.25) is 10.1 Å². The molecule has 1 atom stereocenters. The summed E-state index contributed by atoms with van der Waals surface area (Å²) in [4.78, 5) is 11.8. The Hall–Kier alpha value is -1.69. The molecule has 1 fully saturated rings. The summed E-state index contributed by atoms with van der Waals surface area (Å²) in [6, 6.07) is 6.21. The van der Waals surface area contributed by atoms with Gasteiger partial charge in [0.25, 0.3) is 0 Å². The van der Waals surface area contributed by atoms with Crippen LogP contribution in [0.2, 0.25) is 0 Å². The maximum absolute atomic E-state index is 12.5. The van der Waals surface area contributed by atoms with Gasteiger partial charge in [-0.25, -0.2) is 0 Å². The zero-order chi connectivity index (χ0) is 14.8. The minimum Gasteiger partial charge on any atom is -0.434 e. The Bertz CT molecular complexity index is 492. The van der Waals surface area contributed by atoms with E-state index in [1.807, 2.05) is 0 Å². The number of carbonyl (C=O) groups is 1. The third-order valence-corrected chi connectivity index (χ3v) is 3.58. The standard InChI is InChI=1S/C14H18F2N2O2/c1-14(12(17)19,18-8-9-6-7-9)10-4-2-3-5-11(10)20-13(15)16/h2-5,9,13,18H,6-8H2,1H3,(H2,17,19). The number of nitrogens with two attached hydrogens (primary N) is 1. The maximum atomic E-state index is 12.5. The van der Waals surface area contributed by atoms with Gasteiger partial charge in [-0.15, -0.1) is 0 Å². The second-order valence-corrected chi connectivity index (χ2v) is 5.19. The Kier molecular flexibility index (Phi) is 4.23. The lowest BCUT2D eigenvalue weighted by Crippen LogP contribution is -2.51. The molecule has 1 aromatic rings. The summed E-state index contributed by atoms with van der Waals surface area (Å²) in [6.45, 7) is -0.731. The molecule has 1 aliphatic carbocycles. The van der Waals surface area contributed by atoms with Crippen LogP contribution in [0.1, 0.15) is 25.3 Å². The first-order chi connectivity index (χ1) is 9.43. The van der Waals surface area contributed by atoms with E-state index in [0.717, 1.165) is 12.8 Å². The van der Waals surface area contributed by atoms with Crippen molar-refractivity contribution in [1.29, 1.82) is 0 Å². The van der Waals surface area contributed by atoms with Crippen LogP contribution in [0.5, 0.6) is 5.75 Å². The highest BCUT2D eigenvalue weighted by molar-refractivity contribution is 5.86. The molecular formula is C14H18F2N2O2. The minimum absolute atomic E-state index is 0.0351. The predicted octanol–water partition coefficient (Wildman–Crippen LogP) is 1.99. The first-order valence-corrected chi connectivity index (χ1v) is 6.52. The molecule has 0 aliphatic heterocycles. The lowest BCUT2D eigenvalue weighted by atomic mass is 9.90. The van der Waals surface area contributed by atoms with Gasteiger partial charge in [-0.05, 0) is 38.3 Å². The van der Waals surface area contributed by atoms with Crippen LogP contribution in [0, 0.1) is 5.92 Å². The number of para-hydroxylation sites is 1. The molecule has 0 bridgehead atoms. The number of hydrogen-bond donors (Lipinski definition) is 2. The van der Waals surface area contributed by atoms with Gasteiger partial charge >= 0.3 is 6.61 Å². The smallest absolute Gasteiger partial charge is 0.387 e. The van der Waals surface area contributed by atoms with E-state index in [-0.39, 0.29) is 5.75 Å². The van der Waals surface area contributed by atoms with Gasteiger partial charge in [0, 0.05) is 5.56 Å². The van der Waals surface area contributed by atoms with E-state index < -0.39 is 18.1 Å². The number of halogens is 2. The molecule has 1 saturated carbocycles. The molecule has 0 saturated heterocycles. The van der Waals surface area contributed by atoms with Crippen LogP contribution >= 0.6 is 0 Å². The number of carbonyl (C=O) groups excluding carboxylic acids is 1. The number of ether oxygens (including phenoxy) is 1. The molecule has 1 amide bonds. The minimum atomic E-state index is -2.95. The van der Waals surface area contributed by atoms with Crippen molar-refractivity contribution in [3.63, 3.8) is 0 Å². The van der Waals surface area contributed by atoms with E-state index >= 15 is 0 Å². The van der Waals surface area contributed by atoms with Gasteiger partial charge < -0.3 is 10.5 Å². The Balaban J connectivity index is 2.29. The van der Waals surface area contributed by atoms with Gasteiger partial charge in [0.05, 0.1) is 0 Å². The van der Waals surface area contributed by atoms with Crippen molar-refractivity contribution < 1.29 is 18.3 Å². The zero-order valence-electron chi connectivity index (χ0n) is 11.2. The molecule has 110 valence electrons. The molecule has 1 aromatic carbocycles. The van der Waals surface area contributed by atoms with Gasteiger partial charge in [-0.2, -0.15) is 8.78 Å². The molecule has 6 heteroatoms. The van der Waals surface area contributed by atoms with Crippen LogP contribution in [0.15, 0.2) is 24.3 Å². The molecular weight excluding hydrogens is 266 g/mol. The van der Waals surface area contributed by atoms with Crippen LogP contribution in [0.3, 0.4) is 0 Å². The van der Waals surface area contributed by atoms with Crippen molar-refractivity contribution >= 4 is 5.91 Å². The second-order valence-electron chi connectivity index (χ2n) is 5.19. The van der Waals surface area contributed by atoms with E-state index in [9.17, 15) is 13.6 Å². The first-order valence-electron chi connectivity index (χ1n) is 6.52. The first kappa shape index (κ1) is 14.7. The summed E-state index contributed by atoms with van der Waals surface area (Å²) in [7, 11) is 0. The van der Waals surface area contributed by atoms with E-state index in [4.69, 9.17) is 5.73 Å². The third-order valence-electron chi connectivity index (χ3n) is 3.58. The van der Waals surface area contributed by atoms with Gasteiger partial charge in [0.15, 0.2) is 0 Å². The fraction of sp³-hybridized carbons (Fsp3) is 0.500. The predicted molar refractivity (Wildman–Crippen MR) is 70.3 cm³/mol. The number of benzene rings is 1. The molecule has 0 spiro atoms. The van der Waals surface area contributed by atoms with E-state index in [1.54, 1.807) is 25.1 Å². The highest BCUT2D eigenvalue weighted by Crippen LogP contribution is 2.33. The van der Waals surface area contributed by atoms with Crippen molar-refractivity contribution in [1.82, 2.24) is 5.32 Å². The quantitative estimate of drug-likeness (QED) is 0.804. The number of alkyl halides is 2. The molecule has 0 heterocycles. The van der Waals surface area contributed by atoms with Crippen LogP contribution in [-0.4, -0.2) is 19.1 Å². The lowest BCUT2D eigenvalue weighted by molar-refractivity contribution is -0.124. The third kappa shape index (κ3) is 3.25. The van der Waals surface area contributed by atoms with Crippen molar-refractivity contribution in [2.24, 2.45) is 11.7 Å². The summed E-state index contributed by atoms with van der Waals surface area (Å²) < 4.78 is 29.4. The van der Waals surface area contributed by atoms with Crippen molar-refractivity contribution in [3.8, 4) is 5.75 Å². The Morgan fingerprint density at radius 3 is 2.70 bits per heavy atom. The SMILES string of the molecule is CC(NCC1CC1)(C(N)=O)c1ccccc1OC(F)F. The molecule has 4 nitrogen and oxygen atoms in total. The van der Waals surface area contributed by atoms with Gasteiger partial charge in [0.1, 0.15) is 11.3 Å². The fourth-order valence-electron chi connectivity index (χ4n) is 2.06.